The Morgan fingerprint density at radius 2 is 1.30 bits per heavy atom. The standard InChI is InChI=1S/C4H2Br2O4/c5-9-3(7)1-2-4(8)10-6/h1-2H/b2-1-. The molecule has 0 radical (unpaired) electrons. The van der Waals surface area contributed by atoms with Gasteiger partial charge in [-0.2, -0.15) is 0 Å². The molecule has 6 heteroatoms. The second-order valence-electron chi connectivity index (χ2n) is 1.13. The molecule has 0 aliphatic heterocycles. The van der Waals surface area contributed by atoms with Gasteiger partial charge >= 0.3 is 11.9 Å². The van der Waals surface area contributed by atoms with Crippen LogP contribution in [0.5, 0.6) is 0 Å². The fraction of sp³-hybridized carbons (Fsp3) is 0. The molecule has 0 rings (SSSR count). The maximum atomic E-state index is 10.3. The summed E-state index contributed by atoms with van der Waals surface area (Å²) in [6, 6.07) is 0. The van der Waals surface area contributed by atoms with Gasteiger partial charge in [0, 0.05) is 12.2 Å². The highest BCUT2D eigenvalue weighted by Gasteiger charge is 1.96. The van der Waals surface area contributed by atoms with Crippen LogP contribution < -0.4 is 0 Å². The van der Waals surface area contributed by atoms with E-state index in [1.54, 1.807) is 0 Å². The van der Waals surface area contributed by atoms with Crippen molar-refractivity contribution in [1.29, 1.82) is 0 Å². The monoisotopic (exact) mass is 272 g/mol. The molecule has 0 bridgehead atoms. The van der Waals surface area contributed by atoms with Crippen LogP contribution in [0.1, 0.15) is 0 Å². The molecule has 0 aliphatic rings. The Labute approximate surface area is 74.1 Å². The van der Waals surface area contributed by atoms with E-state index in [1.165, 1.54) is 0 Å². The molecule has 0 heterocycles. The van der Waals surface area contributed by atoms with E-state index in [0.29, 0.717) is 0 Å². The van der Waals surface area contributed by atoms with Gasteiger partial charge in [-0.25, -0.2) is 9.59 Å². The zero-order chi connectivity index (χ0) is 7.98. The third-order valence-corrected chi connectivity index (χ3v) is 1.15. The minimum atomic E-state index is -0.682. The fourth-order valence-electron chi connectivity index (χ4n) is 0.188. The summed E-state index contributed by atoms with van der Waals surface area (Å²) in [6.45, 7) is 0. The number of halogens is 2. The molecule has 0 aromatic heterocycles. The summed E-state index contributed by atoms with van der Waals surface area (Å²) in [5.41, 5.74) is 0. The minimum absolute atomic E-state index is 0.682. The fourth-order valence-corrected chi connectivity index (χ4v) is 0.403. The van der Waals surface area contributed by atoms with Crippen LogP contribution in [-0.2, 0) is 17.2 Å². The van der Waals surface area contributed by atoms with E-state index >= 15 is 0 Å². The molecule has 0 amide bonds. The molecule has 4 nitrogen and oxygen atoms in total. The molecule has 0 fully saturated rings. The van der Waals surface area contributed by atoms with Gasteiger partial charge in [-0.1, -0.05) is 0 Å². The third kappa shape index (κ3) is 4.51. The van der Waals surface area contributed by atoms with Crippen molar-refractivity contribution in [2.75, 3.05) is 0 Å². The molecule has 56 valence electrons. The zero-order valence-corrected chi connectivity index (χ0v) is 7.72. The van der Waals surface area contributed by atoms with E-state index in [1.807, 2.05) is 0 Å². The van der Waals surface area contributed by atoms with Crippen LogP contribution in [0.25, 0.3) is 0 Å². The van der Waals surface area contributed by atoms with Gasteiger partial charge in [0.2, 0.25) is 0 Å². The summed E-state index contributed by atoms with van der Waals surface area (Å²) >= 11 is 4.84. The molecule has 0 aromatic carbocycles. The van der Waals surface area contributed by atoms with Gasteiger partial charge in [0.1, 0.15) is 0 Å². The molecule has 0 saturated heterocycles. The van der Waals surface area contributed by atoms with Crippen LogP contribution in [-0.4, -0.2) is 11.9 Å². The average molecular weight is 274 g/mol. The quantitative estimate of drug-likeness (QED) is 0.711. The summed E-state index contributed by atoms with van der Waals surface area (Å²) in [7, 11) is 0. The van der Waals surface area contributed by atoms with Gasteiger partial charge in [0.15, 0.2) is 32.5 Å². The van der Waals surface area contributed by atoms with Crippen molar-refractivity contribution in [3.8, 4) is 0 Å². The summed E-state index contributed by atoms with van der Waals surface area (Å²) in [6.07, 6.45) is 1.83. The van der Waals surface area contributed by atoms with Crippen LogP contribution in [0.2, 0.25) is 0 Å². The van der Waals surface area contributed by atoms with Gasteiger partial charge in [0.25, 0.3) is 0 Å². The van der Waals surface area contributed by atoms with Crippen molar-refractivity contribution in [1.82, 2.24) is 0 Å². The Bertz CT molecular complexity index is 147. The molecule has 0 aliphatic carbocycles. The van der Waals surface area contributed by atoms with Gasteiger partial charge in [-0.05, 0) is 0 Å². The van der Waals surface area contributed by atoms with Gasteiger partial charge in [-0.15, -0.1) is 0 Å². The van der Waals surface area contributed by atoms with Gasteiger partial charge in [-0.3, -0.25) is 0 Å². The van der Waals surface area contributed by atoms with Crippen LogP contribution in [0.15, 0.2) is 12.2 Å². The SMILES string of the molecule is O=C(/C=C\C(=O)OBr)OBr. The van der Waals surface area contributed by atoms with Gasteiger partial charge in [0.05, 0.1) is 0 Å². The molecular weight excluding hydrogens is 272 g/mol. The predicted molar refractivity (Wildman–Crippen MR) is 39.2 cm³/mol. The lowest BCUT2D eigenvalue weighted by atomic mass is 10.5. The molecule has 0 N–H and O–H groups in total. The van der Waals surface area contributed by atoms with Crippen molar-refractivity contribution < 1.29 is 17.2 Å². The highest BCUT2D eigenvalue weighted by molar-refractivity contribution is 9.06. The van der Waals surface area contributed by atoms with E-state index < -0.39 is 11.9 Å². The summed E-state index contributed by atoms with van der Waals surface area (Å²) < 4.78 is 8.02. The lowest BCUT2D eigenvalue weighted by Crippen LogP contribution is -1.94. The number of hydrogen-bond acceptors (Lipinski definition) is 4. The first-order valence-electron chi connectivity index (χ1n) is 2.04. The van der Waals surface area contributed by atoms with E-state index in [-0.39, 0.29) is 0 Å². The lowest BCUT2D eigenvalue weighted by Gasteiger charge is -1.85. The first kappa shape index (κ1) is 9.64. The van der Waals surface area contributed by atoms with Crippen molar-refractivity contribution >= 4 is 44.5 Å². The lowest BCUT2D eigenvalue weighted by molar-refractivity contribution is -0.129. The first-order chi connectivity index (χ1) is 4.70. The summed E-state index contributed by atoms with van der Waals surface area (Å²) in [5, 5.41) is 0. The van der Waals surface area contributed by atoms with E-state index in [0.717, 1.165) is 12.2 Å². The first-order valence-corrected chi connectivity index (χ1v) is 3.33. The maximum Gasteiger partial charge on any atom is 0.342 e. The van der Waals surface area contributed by atoms with Crippen molar-refractivity contribution in [3.05, 3.63) is 12.2 Å². The molecule has 10 heavy (non-hydrogen) atoms. The van der Waals surface area contributed by atoms with Crippen molar-refractivity contribution in [2.24, 2.45) is 0 Å². The number of carbonyl (C=O) groups excluding carboxylic acids is 2. The Balaban J connectivity index is 3.75. The summed E-state index contributed by atoms with van der Waals surface area (Å²) in [5.74, 6) is -1.36. The normalized spacial score (nSPS) is 9.40. The molecule has 0 saturated carbocycles. The number of rotatable bonds is 2. The van der Waals surface area contributed by atoms with Crippen molar-refractivity contribution in [2.45, 2.75) is 0 Å². The largest absolute Gasteiger partial charge is 0.380 e. The van der Waals surface area contributed by atoms with Crippen LogP contribution >= 0.6 is 32.5 Å². The van der Waals surface area contributed by atoms with Crippen LogP contribution in [0, 0.1) is 0 Å². The van der Waals surface area contributed by atoms with Gasteiger partial charge < -0.3 is 7.66 Å². The Hall–Kier alpha value is -0.360. The molecule has 0 aromatic rings. The number of carbonyl (C=O) groups is 2. The smallest absolute Gasteiger partial charge is 0.342 e. The second kappa shape index (κ2) is 5.43. The van der Waals surface area contributed by atoms with Crippen molar-refractivity contribution in [3.63, 3.8) is 0 Å². The molecule has 0 atom stereocenters. The maximum absolute atomic E-state index is 10.3. The molecule has 0 unspecified atom stereocenters. The number of hydrogen-bond donors (Lipinski definition) is 0. The van der Waals surface area contributed by atoms with E-state index in [9.17, 15) is 9.59 Å². The Morgan fingerprint density at radius 3 is 1.50 bits per heavy atom. The van der Waals surface area contributed by atoms with Crippen LogP contribution in [0.4, 0.5) is 0 Å². The third-order valence-electron chi connectivity index (χ3n) is 0.508. The molecular formula is C4H2Br2O4. The van der Waals surface area contributed by atoms with E-state index in [2.05, 4.69) is 40.2 Å². The predicted octanol–water partition coefficient (Wildman–Crippen LogP) is 1.25. The Morgan fingerprint density at radius 1 is 1.00 bits per heavy atom. The topological polar surface area (TPSA) is 52.6 Å². The molecule has 0 spiro atoms. The minimum Gasteiger partial charge on any atom is -0.380 e. The zero-order valence-electron chi connectivity index (χ0n) is 4.54. The average Bonchev–Trinajstić information content (AvgIpc) is 1.99. The van der Waals surface area contributed by atoms with E-state index in [4.69, 9.17) is 0 Å². The highest BCUT2D eigenvalue weighted by Crippen LogP contribution is 1.91. The Kier molecular flexibility index (Phi) is 5.23. The summed E-state index contributed by atoms with van der Waals surface area (Å²) in [4.78, 5) is 20.5. The second-order valence-corrected chi connectivity index (χ2v) is 1.77. The highest BCUT2D eigenvalue weighted by atomic mass is 79.9. The van der Waals surface area contributed by atoms with Crippen LogP contribution in [0.3, 0.4) is 0 Å².